The Morgan fingerprint density at radius 2 is 2.17 bits per heavy atom. The molecule has 0 radical (unpaired) electrons. The Bertz CT molecular complexity index is 340. The highest BCUT2D eigenvalue weighted by Gasteiger charge is 2.16. The smallest absolute Gasteiger partial charge is 0.258 e. The molecule has 0 saturated heterocycles. The van der Waals surface area contributed by atoms with E-state index in [0.717, 1.165) is 0 Å². The van der Waals surface area contributed by atoms with E-state index < -0.39 is 0 Å². The second kappa shape index (κ2) is 3.61. The minimum absolute atomic E-state index is 0.156. The Morgan fingerprint density at radius 3 is 2.58 bits per heavy atom. The van der Waals surface area contributed by atoms with Crippen molar-refractivity contribution in [1.29, 1.82) is 0 Å². The maximum atomic E-state index is 10.6. The van der Waals surface area contributed by atoms with Crippen LogP contribution in [0.15, 0.2) is 17.0 Å². The first kappa shape index (κ1) is 9.79. The van der Waals surface area contributed by atoms with Gasteiger partial charge in [-0.3, -0.25) is 10.1 Å². The molecule has 1 rings (SSSR count). The fourth-order valence-electron chi connectivity index (χ4n) is 0.875. The Balaban J connectivity index is 3.43. The number of thiol groups is 1. The number of hydrogen-bond donors (Lipinski definition) is 1. The highest BCUT2D eigenvalue weighted by atomic mass is 127. The topological polar surface area (TPSA) is 43.1 Å². The van der Waals surface area contributed by atoms with Gasteiger partial charge in [-0.1, -0.05) is 6.07 Å². The largest absolute Gasteiger partial charge is 0.286 e. The number of nitrogens with zero attached hydrogens (tertiary/aromatic N) is 1. The Hall–Kier alpha value is -0.300. The van der Waals surface area contributed by atoms with Crippen LogP contribution in [-0.4, -0.2) is 4.92 Å². The van der Waals surface area contributed by atoms with Gasteiger partial charge in [0.15, 0.2) is 0 Å². The molecule has 0 spiro atoms. The molecular formula is C7H6INO2S. The monoisotopic (exact) mass is 295 g/mol. The summed E-state index contributed by atoms with van der Waals surface area (Å²) < 4.78 is 0.598. The molecule has 5 heteroatoms. The Morgan fingerprint density at radius 1 is 1.58 bits per heavy atom. The molecule has 12 heavy (non-hydrogen) atoms. The molecule has 0 aliphatic rings. The van der Waals surface area contributed by atoms with Gasteiger partial charge in [0, 0.05) is 10.5 Å². The molecule has 0 N–H and O–H groups in total. The summed E-state index contributed by atoms with van der Waals surface area (Å²) in [5, 5.41) is 10.6. The first-order valence-electron chi connectivity index (χ1n) is 3.16. The molecule has 0 aliphatic heterocycles. The van der Waals surface area contributed by atoms with E-state index in [1.54, 1.807) is 19.1 Å². The van der Waals surface area contributed by atoms with Crippen molar-refractivity contribution < 1.29 is 4.92 Å². The molecule has 0 bridgehead atoms. The SMILES string of the molecule is Cc1ccc(S)c(I)c1[N+](=O)[O-]. The van der Waals surface area contributed by atoms with Crippen molar-refractivity contribution in [3.8, 4) is 0 Å². The minimum atomic E-state index is -0.378. The van der Waals surface area contributed by atoms with Gasteiger partial charge in [-0.2, -0.15) is 0 Å². The lowest BCUT2D eigenvalue weighted by atomic mass is 10.2. The first-order chi connectivity index (χ1) is 5.54. The number of nitro groups is 1. The van der Waals surface area contributed by atoms with E-state index in [2.05, 4.69) is 12.6 Å². The second-order valence-corrected chi connectivity index (χ2v) is 3.88. The number of halogens is 1. The zero-order chi connectivity index (χ0) is 9.30. The number of aryl methyl sites for hydroxylation is 1. The van der Waals surface area contributed by atoms with Gasteiger partial charge in [-0.15, -0.1) is 12.6 Å². The molecule has 0 atom stereocenters. The molecule has 0 heterocycles. The second-order valence-electron chi connectivity index (χ2n) is 2.32. The lowest BCUT2D eigenvalue weighted by molar-refractivity contribution is -0.386. The van der Waals surface area contributed by atoms with Crippen molar-refractivity contribution in [2.24, 2.45) is 0 Å². The molecule has 0 fully saturated rings. The van der Waals surface area contributed by atoms with Crippen LogP contribution in [0.5, 0.6) is 0 Å². The molecular weight excluding hydrogens is 289 g/mol. The quantitative estimate of drug-likeness (QED) is 0.375. The lowest BCUT2D eigenvalue weighted by Crippen LogP contribution is -1.95. The van der Waals surface area contributed by atoms with E-state index in [0.29, 0.717) is 14.0 Å². The summed E-state index contributed by atoms with van der Waals surface area (Å²) in [6, 6.07) is 3.45. The average molecular weight is 295 g/mol. The summed E-state index contributed by atoms with van der Waals surface area (Å²) in [6.07, 6.45) is 0. The van der Waals surface area contributed by atoms with E-state index in [1.807, 2.05) is 22.6 Å². The fourth-order valence-corrected chi connectivity index (χ4v) is 1.86. The summed E-state index contributed by atoms with van der Waals surface area (Å²) in [5.41, 5.74) is 0.824. The molecule has 0 amide bonds. The summed E-state index contributed by atoms with van der Waals surface area (Å²) in [5.74, 6) is 0. The van der Waals surface area contributed by atoms with Crippen LogP contribution in [0.2, 0.25) is 0 Å². The summed E-state index contributed by atoms with van der Waals surface area (Å²) in [7, 11) is 0. The predicted molar refractivity (Wildman–Crippen MR) is 57.8 cm³/mol. The van der Waals surface area contributed by atoms with E-state index in [1.165, 1.54) is 0 Å². The standard InChI is InChI=1S/C7H6INO2S/c1-4-2-3-5(12)6(8)7(4)9(10)11/h2-3,12H,1H3. The molecule has 0 unspecified atom stereocenters. The van der Waals surface area contributed by atoms with Gasteiger partial charge in [0.1, 0.15) is 3.57 Å². The molecule has 0 aromatic heterocycles. The van der Waals surface area contributed by atoms with Crippen molar-refractivity contribution >= 4 is 40.9 Å². The Kier molecular flexibility index (Phi) is 2.94. The van der Waals surface area contributed by atoms with E-state index in [9.17, 15) is 10.1 Å². The van der Waals surface area contributed by atoms with Crippen LogP contribution in [0.4, 0.5) is 5.69 Å². The fraction of sp³-hybridized carbons (Fsp3) is 0.143. The van der Waals surface area contributed by atoms with Gasteiger partial charge in [0.25, 0.3) is 5.69 Å². The van der Waals surface area contributed by atoms with Crippen LogP contribution in [0.25, 0.3) is 0 Å². The van der Waals surface area contributed by atoms with Crippen molar-refractivity contribution in [2.45, 2.75) is 11.8 Å². The Labute approximate surface area is 88.9 Å². The van der Waals surface area contributed by atoms with E-state index >= 15 is 0 Å². The van der Waals surface area contributed by atoms with Crippen LogP contribution >= 0.6 is 35.2 Å². The highest BCUT2D eigenvalue weighted by Crippen LogP contribution is 2.29. The zero-order valence-corrected chi connectivity index (χ0v) is 9.30. The third-order valence-corrected chi connectivity index (χ3v) is 3.37. The number of hydrogen-bond acceptors (Lipinski definition) is 3. The maximum Gasteiger partial charge on any atom is 0.286 e. The van der Waals surface area contributed by atoms with Crippen molar-refractivity contribution in [1.82, 2.24) is 0 Å². The molecule has 3 nitrogen and oxygen atoms in total. The highest BCUT2D eigenvalue weighted by molar-refractivity contribution is 14.1. The van der Waals surface area contributed by atoms with E-state index in [-0.39, 0.29) is 10.6 Å². The third-order valence-electron chi connectivity index (χ3n) is 1.48. The van der Waals surface area contributed by atoms with Gasteiger partial charge in [-0.25, -0.2) is 0 Å². The lowest BCUT2D eigenvalue weighted by Gasteiger charge is -2.01. The molecule has 64 valence electrons. The van der Waals surface area contributed by atoms with Crippen molar-refractivity contribution in [2.75, 3.05) is 0 Å². The molecule has 0 aliphatic carbocycles. The van der Waals surface area contributed by atoms with Gasteiger partial charge in [0.2, 0.25) is 0 Å². The third kappa shape index (κ3) is 1.71. The van der Waals surface area contributed by atoms with Gasteiger partial charge < -0.3 is 0 Å². The summed E-state index contributed by atoms with van der Waals surface area (Å²) >= 11 is 6.03. The summed E-state index contributed by atoms with van der Waals surface area (Å²) in [6.45, 7) is 1.72. The van der Waals surface area contributed by atoms with Gasteiger partial charge in [0.05, 0.1) is 4.92 Å². The predicted octanol–water partition coefficient (Wildman–Crippen LogP) is 2.80. The van der Waals surface area contributed by atoms with Crippen LogP contribution in [-0.2, 0) is 0 Å². The molecule has 1 aromatic rings. The van der Waals surface area contributed by atoms with Crippen LogP contribution in [0.3, 0.4) is 0 Å². The van der Waals surface area contributed by atoms with Gasteiger partial charge >= 0.3 is 0 Å². The average Bonchev–Trinajstić information content (AvgIpc) is 1.97. The number of nitro benzene ring substituents is 1. The van der Waals surface area contributed by atoms with Gasteiger partial charge in [-0.05, 0) is 35.6 Å². The summed E-state index contributed by atoms with van der Waals surface area (Å²) in [4.78, 5) is 10.8. The minimum Gasteiger partial charge on any atom is -0.258 e. The van der Waals surface area contributed by atoms with Crippen LogP contribution in [0, 0.1) is 20.6 Å². The van der Waals surface area contributed by atoms with Crippen LogP contribution < -0.4 is 0 Å². The molecule has 1 aromatic carbocycles. The zero-order valence-electron chi connectivity index (χ0n) is 6.24. The first-order valence-corrected chi connectivity index (χ1v) is 4.69. The van der Waals surface area contributed by atoms with E-state index in [4.69, 9.17) is 0 Å². The molecule has 0 saturated carbocycles. The van der Waals surface area contributed by atoms with Crippen LogP contribution in [0.1, 0.15) is 5.56 Å². The maximum absolute atomic E-state index is 10.6. The van der Waals surface area contributed by atoms with Crippen molar-refractivity contribution in [3.05, 3.63) is 31.4 Å². The normalized spacial score (nSPS) is 9.92. The number of rotatable bonds is 1. The van der Waals surface area contributed by atoms with Crippen molar-refractivity contribution in [3.63, 3.8) is 0 Å². The number of benzene rings is 1.